The van der Waals surface area contributed by atoms with Gasteiger partial charge in [-0.1, -0.05) is 24.3 Å². The van der Waals surface area contributed by atoms with Gasteiger partial charge in [-0.15, -0.1) is 0 Å². The van der Waals surface area contributed by atoms with E-state index in [4.69, 9.17) is 0 Å². The number of aryl methyl sites for hydroxylation is 1. The molecule has 2 aromatic rings. The molecular formula is C18H16F2N2O2. The quantitative estimate of drug-likeness (QED) is 0.879. The van der Waals surface area contributed by atoms with E-state index in [1.165, 1.54) is 6.92 Å². The highest BCUT2D eigenvalue weighted by atomic mass is 19.1. The predicted molar refractivity (Wildman–Crippen MR) is 84.0 cm³/mol. The number of urea groups is 1. The summed E-state index contributed by atoms with van der Waals surface area (Å²) in [7, 11) is 0. The molecule has 0 aromatic heterocycles. The van der Waals surface area contributed by atoms with Gasteiger partial charge in [0.25, 0.3) is 5.91 Å². The molecule has 6 heteroatoms. The number of carbonyl (C=O) groups is 2. The lowest BCUT2D eigenvalue weighted by atomic mass is 9.91. The number of benzene rings is 2. The molecule has 124 valence electrons. The van der Waals surface area contributed by atoms with Crippen molar-refractivity contribution in [3.05, 3.63) is 70.8 Å². The molecule has 1 N–H and O–H groups in total. The van der Waals surface area contributed by atoms with Gasteiger partial charge < -0.3 is 5.32 Å². The van der Waals surface area contributed by atoms with Crippen molar-refractivity contribution in [2.45, 2.75) is 25.9 Å². The number of rotatable bonds is 3. The Kier molecular flexibility index (Phi) is 3.83. The number of hydrogen-bond donors (Lipinski definition) is 1. The van der Waals surface area contributed by atoms with Crippen molar-refractivity contribution in [1.29, 1.82) is 0 Å². The van der Waals surface area contributed by atoms with Crippen LogP contribution in [-0.2, 0) is 16.9 Å². The fourth-order valence-corrected chi connectivity index (χ4v) is 2.86. The van der Waals surface area contributed by atoms with E-state index in [1.54, 1.807) is 0 Å². The molecule has 24 heavy (non-hydrogen) atoms. The van der Waals surface area contributed by atoms with Crippen LogP contribution in [0.5, 0.6) is 0 Å². The second-order valence-electron chi connectivity index (χ2n) is 6.00. The molecule has 1 atom stereocenters. The first-order chi connectivity index (χ1) is 11.3. The summed E-state index contributed by atoms with van der Waals surface area (Å²) in [4.78, 5) is 26.1. The summed E-state index contributed by atoms with van der Waals surface area (Å²) in [6.07, 6.45) is 0. The molecule has 1 aliphatic heterocycles. The fraction of sp³-hybridized carbons (Fsp3) is 0.222. The Morgan fingerprint density at radius 2 is 1.83 bits per heavy atom. The van der Waals surface area contributed by atoms with Crippen LogP contribution in [0.25, 0.3) is 0 Å². The first-order valence-corrected chi connectivity index (χ1v) is 7.47. The average Bonchev–Trinajstić information content (AvgIpc) is 2.76. The van der Waals surface area contributed by atoms with Gasteiger partial charge in [-0.25, -0.2) is 13.6 Å². The summed E-state index contributed by atoms with van der Waals surface area (Å²) in [5.41, 5.74) is -0.0758. The van der Waals surface area contributed by atoms with E-state index in [-0.39, 0.29) is 12.1 Å². The maximum Gasteiger partial charge on any atom is 0.325 e. The third-order valence-corrected chi connectivity index (χ3v) is 4.33. The second-order valence-corrected chi connectivity index (χ2v) is 6.00. The summed E-state index contributed by atoms with van der Waals surface area (Å²) < 4.78 is 27.6. The minimum atomic E-state index is -1.63. The van der Waals surface area contributed by atoms with Crippen LogP contribution in [0.2, 0.25) is 0 Å². The van der Waals surface area contributed by atoms with Gasteiger partial charge in [-0.3, -0.25) is 9.69 Å². The van der Waals surface area contributed by atoms with Gasteiger partial charge in [0.2, 0.25) is 0 Å². The van der Waals surface area contributed by atoms with Crippen molar-refractivity contribution in [3.8, 4) is 0 Å². The highest BCUT2D eigenvalue weighted by molar-refractivity contribution is 6.07. The zero-order valence-electron chi connectivity index (χ0n) is 13.3. The maximum absolute atomic E-state index is 14.1. The van der Waals surface area contributed by atoms with Crippen LogP contribution in [0, 0.1) is 18.6 Å². The van der Waals surface area contributed by atoms with Gasteiger partial charge in [-0.05, 0) is 43.2 Å². The summed E-state index contributed by atoms with van der Waals surface area (Å²) in [5, 5.41) is 2.48. The number of carbonyl (C=O) groups excluding carboxylic acids is 2. The minimum absolute atomic E-state index is 0.0733. The largest absolute Gasteiger partial charge is 0.325 e. The van der Waals surface area contributed by atoms with Crippen LogP contribution < -0.4 is 5.32 Å². The van der Waals surface area contributed by atoms with E-state index >= 15 is 0 Å². The van der Waals surface area contributed by atoms with Crippen molar-refractivity contribution in [1.82, 2.24) is 10.2 Å². The first-order valence-electron chi connectivity index (χ1n) is 7.47. The minimum Gasteiger partial charge on any atom is -0.319 e. The molecule has 4 nitrogen and oxygen atoms in total. The lowest BCUT2D eigenvalue weighted by molar-refractivity contribution is -0.131. The van der Waals surface area contributed by atoms with E-state index in [0.29, 0.717) is 0 Å². The van der Waals surface area contributed by atoms with Gasteiger partial charge in [0, 0.05) is 5.56 Å². The van der Waals surface area contributed by atoms with Crippen molar-refractivity contribution >= 4 is 11.9 Å². The highest BCUT2D eigenvalue weighted by Crippen LogP contribution is 2.32. The topological polar surface area (TPSA) is 49.4 Å². The van der Waals surface area contributed by atoms with Crippen LogP contribution in [0.3, 0.4) is 0 Å². The molecule has 2 aromatic carbocycles. The van der Waals surface area contributed by atoms with Gasteiger partial charge in [0.05, 0.1) is 6.54 Å². The normalized spacial score (nSPS) is 20.4. The Balaban J connectivity index is 1.96. The molecule has 0 spiro atoms. The molecule has 1 saturated heterocycles. The monoisotopic (exact) mass is 330 g/mol. The Bertz CT molecular complexity index is 838. The molecular weight excluding hydrogens is 314 g/mol. The number of nitrogens with zero attached hydrogens (tertiary/aromatic N) is 1. The van der Waals surface area contributed by atoms with E-state index in [9.17, 15) is 18.4 Å². The number of nitrogens with one attached hydrogen (secondary N) is 1. The molecule has 0 unspecified atom stereocenters. The summed E-state index contributed by atoms with van der Waals surface area (Å²) >= 11 is 0. The molecule has 0 radical (unpaired) electrons. The number of halogens is 2. The lowest BCUT2D eigenvalue weighted by Crippen LogP contribution is -2.41. The standard InChI is InChI=1S/C18H16F2N2O2/c1-11-5-3-4-6-12(11)10-22-16(23)18(2,21-17(22)24)14-9-13(19)7-8-15(14)20/h3-9H,10H2,1-2H3,(H,21,24)/t18-/m0/s1. The van der Waals surface area contributed by atoms with Crippen LogP contribution >= 0.6 is 0 Å². The van der Waals surface area contributed by atoms with Gasteiger partial charge in [-0.2, -0.15) is 0 Å². The molecule has 0 bridgehead atoms. The van der Waals surface area contributed by atoms with Crippen LogP contribution in [0.4, 0.5) is 13.6 Å². The summed E-state index contributed by atoms with van der Waals surface area (Å²) in [5.74, 6) is -2.03. The predicted octanol–water partition coefficient (Wildman–Crippen LogP) is 3.24. The maximum atomic E-state index is 14.1. The molecule has 1 heterocycles. The highest BCUT2D eigenvalue weighted by Gasteiger charge is 2.50. The number of hydrogen-bond acceptors (Lipinski definition) is 2. The Morgan fingerprint density at radius 1 is 1.12 bits per heavy atom. The molecule has 1 aliphatic rings. The molecule has 3 rings (SSSR count). The Morgan fingerprint density at radius 3 is 2.54 bits per heavy atom. The summed E-state index contributed by atoms with van der Waals surface area (Å²) in [6, 6.07) is 9.57. The molecule has 0 saturated carbocycles. The fourth-order valence-electron chi connectivity index (χ4n) is 2.86. The molecule has 0 aliphatic carbocycles. The zero-order valence-corrected chi connectivity index (χ0v) is 13.3. The third-order valence-electron chi connectivity index (χ3n) is 4.33. The van der Waals surface area contributed by atoms with E-state index in [2.05, 4.69) is 5.32 Å². The van der Waals surface area contributed by atoms with E-state index in [0.717, 1.165) is 34.2 Å². The smallest absolute Gasteiger partial charge is 0.319 e. The zero-order chi connectivity index (χ0) is 17.5. The summed E-state index contributed by atoms with van der Waals surface area (Å²) in [6.45, 7) is 3.33. The number of imide groups is 1. The van der Waals surface area contributed by atoms with Crippen molar-refractivity contribution in [3.63, 3.8) is 0 Å². The van der Waals surface area contributed by atoms with Gasteiger partial charge in [0.1, 0.15) is 17.2 Å². The first kappa shape index (κ1) is 16.1. The van der Waals surface area contributed by atoms with Gasteiger partial charge in [0.15, 0.2) is 0 Å². The van der Waals surface area contributed by atoms with Crippen LogP contribution in [0.1, 0.15) is 23.6 Å². The van der Waals surface area contributed by atoms with Crippen LogP contribution in [-0.4, -0.2) is 16.8 Å². The molecule has 3 amide bonds. The second kappa shape index (κ2) is 5.70. The average molecular weight is 330 g/mol. The van der Waals surface area contributed by atoms with Gasteiger partial charge >= 0.3 is 6.03 Å². The Labute approximate surface area is 138 Å². The lowest BCUT2D eigenvalue weighted by Gasteiger charge is -2.23. The third kappa shape index (κ3) is 2.54. The van der Waals surface area contributed by atoms with Crippen molar-refractivity contribution < 1.29 is 18.4 Å². The van der Waals surface area contributed by atoms with Crippen LogP contribution in [0.15, 0.2) is 42.5 Å². The Hall–Kier alpha value is -2.76. The number of amides is 3. The SMILES string of the molecule is Cc1ccccc1CN1C(=O)N[C@@](C)(c2cc(F)ccc2F)C1=O. The van der Waals surface area contributed by atoms with E-state index in [1.807, 2.05) is 31.2 Å². The van der Waals surface area contributed by atoms with E-state index < -0.39 is 29.1 Å². The van der Waals surface area contributed by atoms with Crippen molar-refractivity contribution in [2.24, 2.45) is 0 Å². The molecule has 1 fully saturated rings. The van der Waals surface area contributed by atoms with Crippen molar-refractivity contribution in [2.75, 3.05) is 0 Å².